The lowest BCUT2D eigenvalue weighted by atomic mass is 10.1. The number of nitrogens with zero attached hydrogens (tertiary/aromatic N) is 2. The van der Waals surface area contributed by atoms with Crippen molar-refractivity contribution < 1.29 is 9.59 Å². The number of hydrogen-bond acceptors (Lipinski definition) is 4. The fourth-order valence-electron chi connectivity index (χ4n) is 2.90. The van der Waals surface area contributed by atoms with Crippen LogP contribution in [0.3, 0.4) is 0 Å². The van der Waals surface area contributed by atoms with Crippen molar-refractivity contribution in [2.45, 2.75) is 25.9 Å². The van der Waals surface area contributed by atoms with Crippen molar-refractivity contribution in [1.82, 2.24) is 10.3 Å². The summed E-state index contributed by atoms with van der Waals surface area (Å²) in [7, 11) is 1.96. The molecule has 1 saturated carbocycles. The third-order valence-corrected chi connectivity index (χ3v) is 4.59. The molecule has 3 rings (SSSR count). The summed E-state index contributed by atoms with van der Waals surface area (Å²) in [4.78, 5) is 30.2. The zero-order chi connectivity index (χ0) is 17.9. The Morgan fingerprint density at radius 2 is 1.92 bits per heavy atom. The molecule has 0 radical (unpaired) electrons. The topological polar surface area (TPSA) is 88.3 Å². The third kappa shape index (κ3) is 3.63. The molecule has 1 fully saturated rings. The monoisotopic (exact) mass is 338 g/mol. The van der Waals surface area contributed by atoms with Gasteiger partial charge in [-0.15, -0.1) is 0 Å². The van der Waals surface area contributed by atoms with E-state index in [1.54, 1.807) is 6.20 Å². The molecule has 6 heteroatoms. The van der Waals surface area contributed by atoms with Crippen LogP contribution in [0.15, 0.2) is 48.7 Å². The second-order valence-electron chi connectivity index (χ2n) is 6.46. The lowest BCUT2D eigenvalue weighted by molar-refractivity contribution is -0.135. The van der Waals surface area contributed by atoms with Crippen molar-refractivity contribution in [1.29, 1.82) is 0 Å². The molecule has 0 unspecified atom stereocenters. The highest BCUT2D eigenvalue weighted by Gasteiger charge is 2.55. The molecule has 1 aliphatic rings. The number of pyridine rings is 1. The first-order valence-electron chi connectivity index (χ1n) is 8.30. The molecule has 2 aromatic rings. The maximum absolute atomic E-state index is 12.3. The number of nitrogens with two attached hydrogens (primary N) is 1. The van der Waals surface area contributed by atoms with E-state index in [1.165, 1.54) is 5.56 Å². The van der Waals surface area contributed by atoms with E-state index >= 15 is 0 Å². The van der Waals surface area contributed by atoms with Gasteiger partial charge in [0.15, 0.2) is 0 Å². The summed E-state index contributed by atoms with van der Waals surface area (Å²) in [6.07, 6.45) is 2.79. The van der Waals surface area contributed by atoms with Crippen LogP contribution in [-0.2, 0) is 22.7 Å². The molecule has 130 valence electrons. The van der Waals surface area contributed by atoms with Gasteiger partial charge >= 0.3 is 0 Å². The Morgan fingerprint density at radius 1 is 1.20 bits per heavy atom. The number of amides is 2. The van der Waals surface area contributed by atoms with Crippen molar-refractivity contribution in [3.8, 4) is 0 Å². The fraction of sp³-hybridized carbons (Fsp3) is 0.316. The van der Waals surface area contributed by atoms with Crippen LogP contribution in [0.5, 0.6) is 0 Å². The van der Waals surface area contributed by atoms with E-state index in [9.17, 15) is 9.59 Å². The molecular formula is C19H22N4O2. The Labute approximate surface area is 147 Å². The van der Waals surface area contributed by atoms with E-state index < -0.39 is 11.3 Å². The Morgan fingerprint density at radius 3 is 2.56 bits per heavy atom. The van der Waals surface area contributed by atoms with Crippen molar-refractivity contribution >= 4 is 17.6 Å². The molecule has 0 atom stereocenters. The minimum absolute atomic E-state index is 0.291. The first-order chi connectivity index (χ1) is 12.0. The molecule has 0 aliphatic heterocycles. The number of anilines is 1. The fourth-order valence-corrected chi connectivity index (χ4v) is 2.90. The minimum Gasteiger partial charge on any atom is -0.369 e. The maximum atomic E-state index is 12.3. The molecule has 2 amide bonds. The van der Waals surface area contributed by atoms with Crippen LogP contribution in [0.25, 0.3) is 0 Å². The maximum Gasteiger partial charge on any atom is 0.235 e. The van der Waals surface area contributed by atoms with E-state index in [-0.39, 0.29) is 5.91 Å². The van der Waals surface area contributed by atoms with Crippen LogP contribution in [0.1, 0.15) is 24.0 Å². The standard InChI is InChI=1S/C19H22N4O2/c1-23(13-14-6-3-2-4-7-14)16-15(8-5-11-21-16)12-22-18(25)19(9-10-19)17(20)24/h2-8,11H,9-10,12-13H2,1H3,(H2,20,24)(H,22,25). The first kappa shape index (κ1) is 17.0. The number of nitrogens with one attached hydrogen (secondary N) is 1. The third-order valence-electron chi connectivity index (χ3n) is 4.59. The van der Waals surface area contributed by atoms with Gasteiger partial charge in [0.1, 0.15) is 11.2 Å². The SMILES string of the molecule is CN(Cc1ccccc1)c1ncccc1CNC(=O)C1(C(N)=O)CC1. The van der Waals surface area contributed by atoms with E-state index in [2.05, 4.69) is 22.4 Å². The lowest BCUT2D eigenvalue weighted by Gasteiger charge is -2.22. The Balaban J connectivity index is 1.68. The number of carbonyl (C=O) groups is 2. The Bertz CT molecular complexity index is 772. The molecule has 1 aromatic heterocycles. The van der Waals surface area contributed by atoms with Crippen LogP contribution in [0.4, 0.5) is 5.82 Å². The number of hydrogen-bond donors (Lipinski definition) is 2. The molecule has 6 nitrogen and oxygen atoms in total. The number of benzene rings is 1. The van der Waals surface area contributed by atoms with Crippen molar-refractivity contribution in [2.24, 2.45) is 11.1 Å². The van der Waals surface area contributed by atoms with Crippen LogP contribution in [0.2, 0.25) is 0 Å². The molecule has 1 aromatic carbocycles. The molecule has 0 bridgehead atoms. The van der Waals surface area contributed by atoms with E-state index in [0.717, 1.165) is 11.4 Å². The number of carbonyl (C=O) groups excluding carboxylic acids is 2. The summed E-state index contributed by atoms with van der Waals surface area (Å²) < 4.78 is 0. The first-order valence-corrected chi connectivity index (χ1v) is 8.30. The minimum atomic E-state index is -1.00. The Kier molecular flexibility index (Phi) is 4.70. The average Bonchev–Trinajstić information content (AvgIpc) is 3.43. The highest BCUT2D eigenvalue weighted by atomic mass is 16.2. The second-order valence-corrected chi connectivity index (χ2v) is 6.46. The van der Waals surface area contributed by atoms with Crippen molar-refractivity contribution in [2.75, 3.05) is 11.9 Å². The highest BCUT2D eigenvalue weighted by molar-refractivity contribution is 6.07. The van der Waals surface area contributed by atoms with Gasteiger partial charge < -0.3 is 16.0 Å². The zero-order valence-electron chi connectivity index (χ0n) is 14.2. The van der Waals surface area contributed by atoms with Crippen LogP contribution < -0.4 is 16.0 Å². The summed E-state index contributed by atoms with van der Waals surface area (Å²) in [6.45, 7) is 1.03. The zero-order valence-corrected chi connectivity index (χ0v) is 14.2. The number of primary amides is 1. The van der Waals surface area contributed by atoms with Gasteiger partial charge in [-0.1, -0.05) is 36.4 Å². The van der Waals surface area contributed by atoms with Gasteiger partial charge in [0, 0.05) is 31.9 Å². The van der Waals surface area contributed by atoms with E-state index in [1.807, 2.05) is 42.3 Å². The van der Waals surface area contributed by atoms with Gasteiger partial charge in [-0.3, -0.25) is 9.59 Å². The van der Waals surface area contributed by atoms with Gasteiger partial charge in [0.05, 0.1) is 0 Å². The van der Waals surface area contributed by atoms with Gasteiger partial charge in [-0.05, 0) is 24.5 Å². The average molecular weight is 338 g/mol. The van der Waals surface area contributed by atoms with Gasteiger partial charge in [0.2, 0.25) is 11.8 Å². The molecule has 1 heterocycles. The highest BCUT2D eigenvalue weighted by Crippen LogP contribution is 2.45. The van der Waals surface area contributed by atoms with Crippen LogP contribution in [0, 0.1) is 5.41 Å². The Hall–Kier alpha value is -2.89. The van der Waals surface area contributed by atoms with Gasteiger partial charge in [-0.25, -0.2) is 4.98 Å². The largest absolute Gasteiger partial charge is 0.369 e. The second kappa shape index (κ2) is 6.93. The lowest BCUT2D eigenvalue weighted by Crippen LogP contribution is -2.40. The molecular weight excluding hydrogens is 316 g/mol. The molecule has 3 N–H and O–H groups in total. The summed E-state index contributed by atoms with van der Waals surface area (Å²) in [5, 5.41) is 2.84. The van der Waals surface area contributed by atoms with E-state index in [4.69, 9.17) is 5.73 Å². The predicted octanol–water partition coefficient (Wildman–Crippen LogP) is 1.60. The number of aromatic nitrogens is 1. The van der Waals surface area contributed by atoms with Gasteiger partial charge in [-0.2, -0.15) is 0 Å². The van der Waals surface area contributed by atoms with Gasteiger partial charge in [0.25, 0.3) is 0 Å². The molecule has 0 spiro atoms. The van der Waals surface area contributed by atoms with Crippen molar-refractivity contribution in [3.63, 3.8) is 0 Å². The summed E-state index contributed by atoms with van der Waals surface area (Å²) in [5.74, 6) is -0.0336. The summed E-state index contributed by atoms with van der Waals surface area (Å²) in [5.41, 5.74) is 6.42. The molecule has 0 saturated heterocycles. The summed E-state index contributed by atoms with van der Waals surface area (Å²) >= 11 is 0. The quantitative estimate of drug-likeness (QED) is 0.751. The van der Waals surface area contributed by atoms with Crippen molar-refractivity contribution in [3.05, 3.63) is 59.8 Å². The summed E-state index contributed by atoms with van der Waals surface area (Å²) in [6, 6.07) is 13.9. The number of rotatable bonds is 7. The van der Waals surface area contributed by atoms with Crippen LogP contribution in [-0.4, -0.2) is 23.8 Å². The van der Waals surface area contributed by atoms with Crippen LogP contribution >= 0.6 is 0 Å². The van der Waals surface area contributed by atoms with E-state index in [0.29, 0.717) is 25.9 Å². The smallest absolute Gasteiger partial charge is 0.235 e. The normalized spacial score (nSPS) is 14.6. The molecule has 1 aliphatic carbocycles. The predicted molar refractivity (Wildman–Crippen MR) is 95.5 cm³/mol. The molecule has 25 heavy (non-hydrogen) atoms.